The Labute approximate surface area is 90.6 Å². The number of ether oxygens (including phenoxy) is 1. The van der Waals surface area contributed by atoms with E-state index in [1.807, 2.05) is 50.3 Å². The van der Waals surface area contributed by atoms with Crippen LogP contribution in [-0.4, -0.2) is 12.1 Å². The molecule has 1 aromatic carbocycles. The van der Waals surface area contributed by atoms with Gasteiger partial charge in [0.15, 0.2) is 0 Å². The lowest BCUT2D eigenvalue weighted by Crippen LogP contribution is -2.13. The van der Waals surface area contributed by atoms with Crippen LogP contribution in [0.5, 0.6) is 0 Å². The minimum Gasteiger partial charge on any atom is -0.458 e. The maximum atomic E-state index is 10.8. The maximum Gasteiger partial charge on any atom is 0.303 e. The molecule has 0 bridgehead atoms. The fourth-order valence-corrected chi connectivity index (χ4v) is 1.27. The second kappa shape index (κ2) is 5.35. The summed E-state index contributed by atoms with van der Waals surface area (Å²) in [5, 5.41) is 0. The average molecular weight is 204 g/mol. The van der Waals surface area contributed by atoms with Crippen LogP contribution in [0, 0.1) is 0 Å². The minimum absolute atomic E-state index is 0.164. The van der Waals surface area contributed by atoms with Crippen molar-refractivity contribution in [3.63, 3.8) is 0 Å². The first-order valence-corrected chi connectivity index (χ1v) is 5.00. The van der Waals surface area contributed by atoms with Crippen LogP contribution in [0.15, 0.2) is 35.9 Å². The van der Waals surface area contributed by atoms with Crippen molar-refractivity contribution in [1.29, 1.82) is 0 Å². The van der Waals surface area contributed by atoms with Crippen molar-refractivity contribution in [3.05, 3.63) is 41.5 Å². The predicted octanol–water partition coefficient (Wildman–Crippen LogP) is 3.04. The zero-order valence-electron chi connectivity index (χ0n) is 9.36. The zero-order chi connectivity index (χ0) is 11.3. The van der Waals surface area contributed by atoms with Crippen molar-refractivity contribution in [2.24, 2.45) is 0 Å². The molecule has 80 valence electrons. The molecule has 0 aromatic heterocycles. The standard InChI is InChI=1S/C13H16O2/c1-10(11(2)15-12(3)14)9-13-7-5-4-6-8-13/h4-9,11H,1-3H3/b10-9+. The third kappa shape index (κ3) is 3.98. The third-order valence-electron chi connectivity index (χ3n) is 2.18. The van der Waals surface area contributed by atoms with E-state index in [0.717, 1.165) is 11.1 Å². The molecule has 2 nitrogen and oxygen atoms in total. The van der Waals surface area contributed by atoms with E-state index in [0.29, 0.717) is 0 Å². The van der Waals surface area contributed by atoms with Gasteiger partial charge in [-0.2, -0.15) is 0 Å². The zero-order valence-corrected chi connectivity index (χ0v) is 9.36. The van der Waals surface area contributed by atoms with E-state index >= 15 is 0 Å². The van der Waals surface area contributed by atoms with Gasteiger partial charge in [0.1, 0.15) is 6.10 Å². The number of hydrogen-bond acceptors (Lipinski definition) is 2. The average Bonchev–Trinajstić information content (AvgIpc) is 2.18. The molecular formula is C13H16O2. The van der Waals surface area contributed by atoms with Crippen molar-refractivity contribution in [3.8, 4) is 0 Å². The molecule has 2 heteroatoms. The van der Waals surface area contributed by atoms with Gasteiger partial charge in [0.05, 0.1) is 0 Å². The van der Waals surface area contributed by atoms with E-state index < -0.39 is 0 Å². The Hall–Kier alpha value is -1.57. The lowest BCUT2D eigenvalue weighted by molar-refractivity contribution is -0.143. The second-order valence-corrected chi connectivity index (χ2v) is 3.55. The quantitative estimate of drug-likeness (QED) is 0.707. The van der Waals surface area contributed by atoms with E-state index in [1.165, 1.54) is 6.92 Å². The largest absolute Gasteiger partial charge is 0.458 e. The number of hydrogen-bond donors (Lipinski definition) is 0. The first-order valence-electron chi connectivity index (χ1n) is 5.00. The van der Waals surface area contributed by atoms with Crippen LogP contribution in [0.3, 0.4) is 0 Å². The monoisotopic (exact) mass is 204 g/mol. The van der Waals surface area contributed by atoms with Crippen LogP contribution in [-0.2, 0) is 9.53 Å². The molecule has 1 atom stereocenters. The number of benzene rings is 1. The Morgan fingerprint density at radius 3 is 2.40 bits per heavy atom. The Morgan fingerprint density at radius 1 is 1.27 bits per heavy atom. The molecule has 15 heavy (non-hydrogen) atoms. The van der Waals surface area contributed by atoms with E-state index in [4.69, 9.17) is 4.74 Å². The highest BCUT2D eigenvalue weighted by Crippen LogP contribution is 2.11. The van der Waals surface area contributed by atoms with Crippen LogP contribution in [0.2, 0.25) is 0 Å². The first kappa shape index (κ1) is 11.5. The van der Waals surface area contributed by atoms with Crippen molar-refractivity contribution in [1.82, 2.24) is 0 Å². The van der Waals surface area contributed by atoms with Gasteiger partial charge in [-0.05, 0) is 25.0 Å². The predicted molar refractivity (Wildman–Crippen MR) is 61.3 cm³/mol. The molecule has 0 spiro atoms. The summed E-state index contributed by atoms with van der Waals surface area (Å²) in [6, 6.07) is 9.97. The number of carbonyl (C=O) groups excluding carboxylic acids is 1. The molecule has 0 saturated heterocycles. The molecule has 1 aromatic rings. The lowest BCUT2D eigenvalue weighted by Gasteiger charge is -2.12. The van der Waals surface area contributed by atoms with Crippen molar-refractivity contribution in [2.75, 3.05) is 0 Å². The normalized spacial score (nSPS) is 13.4. The highest BCUT2D eigenvalue weighted by Gasteiger charge is 2.06. The Kier molecular flexibility index (Phi) is 4.10. The highest BCUT2D eigenvalue weighted by molar-refractivity contribution is 5.67. The molecule has 0 heterocycles. The molecule has 0 radical (unpaired) electrons. The summed E-state index contributed by atoms with van der Waals surface area (Å²) in [4.78, 5) is 10.8. The molecule has 0 aliphatic heterocycles. The van der Waals surface area contributed by atoms with Gasteiger partial charge in [-0.3, -0.25) is 4.79 Å². The number of esters is 1. The number of carbonyl (C=O) groups is 1. The third-order valence-corrected chi connectivity index (χ3v) is 2.18. The van der Waals surface area contributed by atoms with Crippen molar-refractivity contribution < 1.29 is 9.53 Å². The maximum absolute atomic E-state index is 10.8. The minimum atomic E-state index is -0.247. The molecule has 0 N–H and O–H groups in total. The fourth-order valence-electron chi connectivity index (χ4n) is 1.27. The SMILES string of the molecule is CC(=O)OC(C)/C(C)=C/c1ccccc1. The molecule has 1 unspecified atom stereocenters. The van der Waals surface area contributed by atoms with E-state index in [1.54, 1.807) is 0 Å². The Balaban J connectivity index is 2.71. The highest BCUT2D eigenvalue weighted by atomic mass is 16.5. The summed E-state index contributed by atoms with van der Waals surface area (Å²) < 4.78 is 5.08. The van der Waals surface area contributed by atoms with Gasteiger partial charge < -0.3 is 4.74 Å². The summed E-state index contributed by atoms with van der Waals surface area (Å²) in [6.45, 7) is 5.25. The molecular weight excluding hydrogens is 188 g/mol. The molecule has 0 aliphatic carbocycles. The van der Waals surface area contributed by atoms with Gasteiger partial charge in [-0.1, -0.05) is 36.4 Å². The molecule has 0 saturated carbocycles. The van der Waals surface area contributed by atoms with E-state index in [-0.39, 0.29) is 12.1 Å². The second-order valence-electron chi connectivity index (χ2n) is 3.55. The van der Waals surface area contributed by atoms with Crippen LogP contribution in [0.25, 0.3) is 6.08 Å². The topological polar surface area (TPSA) is 26.3 Å². The molecule has 0 amide bonds. The van der Waals surface area contributed by atoms with Gasteiger partial charge >= 0.3 is 5.97 Å². The van der Waals surface area contributed by atoms with Crippen LogP contribution in [0.4, 0.5) is 0 Å². The van der Waals surface area contributed by atoms with Crippen LogP contribution < -0.4 is 0 Å². The van der Waals surface area contributed by atoms with Gasteiger partial charge in [0.25, 0.3) is 0 Å². The first-order chi connectivity index (χ1) is 7.09. The summed E-state index contributed by atoms with van der Waals surface area (Å²) in [6.07, 6.45) is 1.86. The number of rotatable bonds is 3. The molecule has 1 rings (SSSR count). The lowest BCUT2D eigenvalue weighted by atomic mass is 10.1. The Bertz CT molecular complexity index is 352. The van der Waals surface area contributed by atoms with Gasteiger partial charge in [0.2, 0.25) is 0 Å². The van der Waals surface area contributed by atoms with Gasteiger partial charge in [-0.15, -0.1) is 0 Å². The molecule has 0 aliphatic rings. The summed E-state index contributed by atoms with van der Waals surface area (Å²) >= 11 is 0. The van der Waals surface area contributed by atoms with E-state index in [2.05, 4.69) is 0 Å². The Morgan fingerprint density at radius 2 is 1.87 bits per heavy atom. The van der Waals surface area contributed by atoms with Crippen LogP contribution >= 0.6 is 0 Å². The summed E-state index contributed by atoms with van der Waals surface area (Å²) in [5.74, 6) is -0.247. The van der Waals surface area contributed by atoms with Gasteiger partial charge in [-0.25, -0.2) is 0 Å². The fraction of sp³-hybridized carbons (Fsp3) is 0.308. The summed E-state index contributed by atoms with van der Waals surface area (Å²) in [7, 11) is 0. The smallest absolute Gasteiger partial charge is 0.303 e. The molecule has 0 fully saturated rings. The van der Waals surface area contributed by atoms with Gasteiger partial charge in [0, 0.05) is 6.92 Å². The van der Waals surface area contributed by atoms with E-state index in [9.17, 15) is 4.79 Å². The van der Waals surface area contributed by atoms with Crippen LogP contribution in [0.1, 0.15) is 26.3 Å². The summed E-state index contributed by atoms with van der Waals surface area (Å²) in [5.41, 5.74) is 2.16. The van der Waals surface area contributed by atoms with Crippen molar-refractivity contribution in [2.45, 2.75) is 26.9 Å². The van der Waals surface area contributed by atoms with Crippen molar-refractivity contribution >= 4 is 12.0 Å².